The number of aryl methyl sites for hydroxylation is 2. The van der Waals surface area contributed by atoms with Crippen molar-refractivity contribution in [3.63, 3.8) is 0 Å². The lowest BCUT2D eigenvalue weighted by molar-refractivity contribution is 0.0789. The Morgan fingerprint density at radius 3 is 2.77 bits per heavy atom. The smallest absolute Gasteiger partial charge is 0.257 e. The molecule has 8 heteroatoms. The summed E-state index contributed by atoms with van der Waals surface area (Å²) in [5.41, 5.74) is 2.21. The van der Waals surface area contributed by atoms with Crippen LogP contribution < -0.4 is 0 Å². The van der Waals surface area contributed by atoms with E-state index < -0.39 is 0 Å². The van der Waals surface area contributed by atoms with Crippen molar-refractivity contribution in [3.05, 3.63) is 54.3 Å². The molecule has 4 rings (SSSR count). The first kappa shape index (κ1) is 16.3. The molecule has 0 bridgehead atoms. The van der Waals surface area contributed by atoms with E-state index in [1.807, 2.05) is 35.7 Å². The highest BCUT2D eigenvalue weighted by atomic mass is 16.2. The molecular weight excluding hydrogens is 330 g/mol. The van der Waals surface area contributed by atoms with E-state index in [0.717, 1.165) is 29.5 Å². The maximum absolute atomic E-state index is 12.6. The van der Waals surface area contributed by atoms with E-state index in [2.05, 4.69) is 19.9 Å². The second kappa shape index (κ2) is 6.62. The number of carbonyl (C=O) groups excluding carboxylic acids is 1. The topological polar surface area (TPSA) is 89.7 Å². The highest BCUT2D eigenvalue weighted by Crippen LogP contribution is 2.27. The first-order chi connectivity index (χ1) is 12.6. The van der Waals surface area contributed by atoms with Crippen LogP contribution in [0.15, 0.2) is 37.2 Å². The molecule has 8 nitrogen and oxygen atoms in total. The molecule has 0 aliphatic carbocycles. The third kappa shape index (κ3) is 3.05. The Bertz CT molecular complexity index is 938. The average Bonchev–Trinajstić information content (AvgIpc) is 3.30. The Balaban J connectivity index is 1.57. The van der Waals surface area contributed by atoms with E-state index in [1.165, 1.54) is 6.33 Å². The molecule has 1 saturated heterocycles. The second-order valence-corrected chi connectivity index (χ2v) is 6.48. The van der Waals surface area contributed by atoms with Gasteiger partial charge in [0.05, 0.1) is 5.56 Å². The van der Waals surface area contributed by atoms with Crippen LogP contribution in [0, 0.1) is 6.92 Å². The van der Waals surface area contributed by atoms with Crippen LogP contribution >= 0.6 is 0 Å². The summed E-state index contributed by atoms with van der Waals surface area (Å²) in [7, 11) is 1.94. The van der Waals surface area contributed by atoms with Crippen molar-refractivity contribution < 1.29 is 4.79 Å². The molecule has 0 N–H and O–H groups in total. The van der Waals surface area contributed by atoms with Gasteiger partial charge in [-0.15, -0.1) is 0 Å². The largest absolute Gasteiger partial charge is 0.338 e. The normalized spacial score (nSPS) is 16.8. The van der Waals surface area contributed by atoms with Crippen molar-refractivity contribution >= 4 is 5.91 Å². The summed E-state index contributed by atoms with van der Waals surface area (Å²) in [6.45, 7) is 3.22. The SMILES string of the molecule is Cc1cc(-c2nccn2C)nc(C2CCN(C(=O)c3cncnc3)C2)n1. The van der Waals surface area contributed by atoms with Gasteiger partial charge in [-0.3, -0.25) is 4.79 Å². The number of likely N-dealkylation sites (tertiary alicyclic amines) is 1. The van der Waals surface area contributed by atoms with Gasteiger partial charge in [-0.05, 0) is 19.4 Å². The first-order valence-corrected chi connectivity index (χ1v) is 8.49. The van der Waals surface area contributed by atoms with E-state index in [9.17, 15) is 4.79 Å². The van der Waals surface area contributed by atoms with Crippen molar-refractivity contribution in [3.8, 4) is 11.5 Å². The molecular formula is C18H19N7O. The van der Waals surface area contributed by atoms with E-state index in [1.54, 1.807) is 18.6 Å². The fourth-order valence-corrected chi connectivity index (χ4v) is 3.25. The Labute approximate surface area is 151 Å². The monoisotopic (exact) mass is 349 g/mol. The number of hydrogen-bond donors (Lipinski definition) is 0. The van der Waals surface area contributed by atoms with Gasteiger partial charge in [0.25, 0.3) is 5.91 Å². The fraction of sp³-hybridized carbons (Fsp3) is 0.333. The highest BCUT2D eigenvalue weighted by Gasteiger charge is 2.30. The molecule has 1 amide bonds. The first-order valence-electron chi connectivity index (χ1n) is 8.49. The van der Waals surface area contributed by atoms with Crippen LogP contribution in [0.5, 0.6) is 0 Å². The van der Waals surface area contributed by atoms with Crippen LogP contribution in [0.3, 0.4) is 0 Å². The van der Waals surface area contributed by atoms with Crippen LogP contribution in [0.2, 0.25) is 0 Å². The zero-order chi connectivity index (χ0) is 18.1. The number of amides is 1. The number of imidazole rings is 1. The van der Waals surface area contributed by atoms with Crippen molar-refractivity contribution in [1.29, 1.82) is 0 Å². The molecule has 1 aliphatic rings. The number of rotatable bonds is 3. The Hall–Kier alpha value is -3.16. The van der Waals surface area contributed by atoms with Crippen molar-refractivity contribution in [2.24, 2.45) is 7.05 Å². The molecule has 26 heavy (non-hydrogen) atoms. The lowest BCUT2D eigenvalue weighted by Crippen LogP contribution is -2.28. The summed E-state index contributed by atoms with van der Waals surface area (Å²) in [5, 5.41) is 0. The summed E-state index contributed by atoms with van der Waals surface area (Å²) in [6.07, 6.45) is 9.00. The number of hydrogen-bond acceptors (Lipinski definition) is 6. The third-order valence-corrected chi connectivity index (χ3v) is 4.57. The number of nitrogens with zero attached hydrogens (tertiary/aromatic N) is 7. The van der Waals surface area contributed by atoms with Crippen LogP contribution in [-0.2, 0) is 7.05 Å². The summed E-state index contributed by atoms with van der Waals surface area (Å²) in [6, 6.07) is 1.94. The van der Waals surface area contributed by atoms with Crippen LogP contribution in [0.4, 0.5) is 0 Å². The molecule has 0 spiro atoms. The molecule has 4 heterocycles. The average molecular weight is 349 g/mol. The van der Waals surface area contributed by atoms with E-state index in [-0.39, 0.29) is 11.8 Å². The lowest BCUT2D eigenvalue weighted by atomic mass is 10.1. The molecule has 0 radical (unpaired) electrons. The maximum atomic E-state index is 12.6. The molecule has 0 aromatic carbocycles. The zero-order valence-electron chi connectivity index (χ0n) is 14.7. The minimum Gasteiger partial charge on any atom is -0.338 e. The molecule has 3 aromatic rings. The van der Waals surface area contributed by atoms with E-state index >= 15 is 0 Å². The van der Waals surface area contributed by atoms with Crippen molar-refractivity contribution in [1.82, 2.24) is 34.4 Å². The minimum atomic E-state index is -0.0509. The highest BCUT2D eigenvalue weighted by molar-refractivity contribution is 5.93. The predicted molar refractivity (Wildman–Crippen MR) is 94.3 cm³/mol. The van der Waals surface area contributed by atoms with Gasteiger partial charge in [0.2, 0.25) is 0 Å². The minimum absolute atomic E-state index is 0.0509. The van der Waals surface area contributed by atoms with Gasteiger partial charge in [0.15, 0.2) is 5.82 Å². The molecule has 132 valence electrons. The zero-order valence-corrected chi connectivity index (χ0v) is 14.7. The quantitative estimate of drug-likeness (QED) is 0.713. The maximum Gasteiger partial charge on any atom is 0.257 e. The van der Waals surface area contributed by atoms with Gasteiger partial charge in [-0.25, -0.2) is 24.9 Å². The summed E-state index contributed by atoms with van der Waals surface area (Å²) in [4.78, 5) is 36.0. The van der Waals surface area contributed by atoms with Gasteiger partial charge in [-0.2, -0.15) is 0 Å². The van der Waals surface area contributed by atoms with Crippen LogP contribution in [0.1, 0.15) is 34.2 Å². The van der Waals surface area contributed by atoms with Crippen molar-refractivity contribution in [2.45, 2.75) is 19.3 Å². The number of aromatic nitrogens is 6. The molecule has 1 unspecified atom stereocenters. The van der Waals surface area contributed by atoms with E-state index in [0.29, 0.717) is 18.7 Å². The van der Waals surface area contributed by atoms with Gasteiger partial charge < -0.3 is 9.47 Å². The third-order valence-electron chi connectivity index (χ3n) is 4.57. The number of carbonyl (C=O) groups is 1. The predicted octanol–water partition coefficient (Wildman–Crippen LogP) is 1.61. The van der Waals surface area contributed by atoms with Gasteiger partial charge in [0.1, 0.15) is 17.8 Å². The fourth-order valence-electron chi connectivity index (χ4n) is 3.25. The van der Waals surface area contributed by atoms with Gasteiger partial charge >= 0.3 is 0 Å². The Morgan fingerprint density at radius 2 is 2.04 bits per heavy atom. The Kier molecular flexibility index (Phi) is 4.16. The standard InChI is InChI=1S/C18H19N7O/c1-12-7-15(17-21-4-6-24(17)2)23-16(22-12)13-3-5-25(10-13)18(26)14-8-19-11-20-9-14/h4,6-9,11,13H,3,5,10H2,1-2H3. The molecule has 3 aromatic heterocycles. The lowest BCUT2D eigenvalue weighted by Gasteiger charge is -2.16. The van der Waals surface area contributed by atoms with Gasteiger partial charge in [0, 0.05) is 56.5 Å². The summed E-state index contributed by atoms with van der Waals surface area (Å²) >= 11 is 0. The molecule has 1 aliphatic heterocycles. The molecule has 1 fully saturated rings. The van der Waals surface area contributed by atoms with Crippen LogP contribution in [0.25, 0.3) is 11.5 Å². The summed E-state index contributed by atoms with van der Waals surface area (Å²) in [5.74, 6) is 1.64. The van der Waals surface area contributed by atoms with Crippen LogP contribution in [-0.4, -0.2) is 53.4 Å². The van der Waals surface area contributed by atoms with Gasteiger partial charge in [-0.1, -0.05) is 0 Å². The molecule has 1 atom stereocenters. The van der Waals surface area contributed by atoms with Crippen molar-refractivity contribution in [2.75, 3.05) is 13.1 Å². The summed E-state index contributed by atoms with van der Waals surface area (Å²) < 4.78 is 1.94. The second-order valence-electron chi connectivity index (χ2n) is 6.48. The molecule has 0 saturated carbocycles. The Morgan fingerprint density at radius 1 is 1.23 bits per heavy atom. The van der Waals surface area contributed by atoms with E-state index in [4.69, 9.17) is 4.98 Å².